The van der Waals surface area contributed by atoms with Crippen LogP contribution in [0.25, 0.3) is 0 Å². The highest BCUT2D eigenvalue weighted by atomic mass is 16.6. The lowest BCUT2D eigenvalue weighted by Gasteiger charge is -2.32. The number of phenols is 1. The van der Waals surface area contributed by atoms with Gasteiger partial charge in [-0.2, -0.15) is 0 Å². The first kappa shape index (κ1) is 13.8. The van der Waals surface area contributed by atoms with Crippen LogP contribution in [0.1, 0.15) is 5.56 Å². The molecule has 0 atom stereocenters. The van der Waals surface area contributed by atoms with Crippen molar-refractivity contribution in [1.29, 1.82) is 0 Å². The molecule has 19 heavy (non-hydrogen) atoms. The Morgan fingerprint density at radius 1 is 1.32 bits per heavy atom. The summed E-state index contributed by atoms with van der Waals surface area (Å²) in [6, 6.07) is 4.58. The summed E-state index contributed by atoms with van der Waals surface area (Å²) in [5, 5.41) is 20.2. The summed E-state index contributed by atoms with van der Waals surface area (Å²) >= 11 is 0. The molecule has 1 N–H and O–H groups in total. The minimum absolute atomic E-state index is 0.233. The minimum atomic E-state index is -0.570. The van der Waals surface area contributed by atoms with E-state index >= 15 is 0 Å². The second-order valence-corrected chi connectivity index (χ2v) is 4.98. The van der Waals surface area contributed by atoms with Crippen LogP contribution >= 0.6 is 0 Å². The largest absolute Gasteiger partial charge is 0.502 e. The molecule has 0 radical (unpaired) electrons. The molecule has 1 aliphatic heterocycles. The number of nitrogens with zero attached hydrogens (tertiary/aromatic N) is 3. The monoisotopic (exact) mass is 265 g/mol. The quantitative estimate of drug-likeness (QED) is 0.652. The summed E-state index contributed by atoms with van der Waals surface area (Å²) < 4.78 is 0. The molecular weight excluding hydrogens is 246 g/mol. The molecule has 6 heteroatoms. The fraction of sp³-hybridized carbons (Fsp3) is 0.538. The average molecular weight is 265 g/mol. The highest BCUT2D eigenvalue weighted by molar-refractivity contribution is 5.47. The molecule has 0 aliphatic carbocycles. The van der Waals surface area contributed by atoms with Crippen LogP contribution in [0.15, 0.2) is 18.2 Å². The molecule has 6 nitrogen and oxygen atoms in total. The molecule has 0 spiro atoms. The van der Waals surface area contributed by atoms with E-state index in [1.807, 2.05) is 0 Å². The summed E-state index contributed by atoms with van der Waals surface area (Å²) in [6.07, 6.45) is 0.801. The van der Waals surface area contributed by atoms with E-state index in [0.29, 0.717) is 0 Å². The summed E-state index contributed by atoms with van der Waals surface area (Å²) in [5.74, 6) is -0.249. The Kier molecular flexibility index (Phi) is 4.34. The first-order valence-corrected chi connectivity index (χ1v) is 6.43. The average Bonchev–Trinajstić information content (AvgIpc) is 2.37. The summed E-state index contributed by atoms with van der Waals surface area (Å²) in [5.41, 5.74) is 0.699. The normalized spacial score (nSPS) is 17.5. The van der Waals surface area contributed by atoms with Gasteiger partial charge >= 0.3 is 5.69 Å². The first-order valence-electron chi connectivity index (χ1n) is 6.43. The van der Waals surface area contributed by atoms with Crippen LogP contribution in [0.3, 0.4) is 0 Å². The van der Waals surface area contributed by atoms with Crippen molar-refractivity contribution in [3.8, 4) is 5.75 Å². The van der Waals surface area contributed by atoms with Gasteiger partial charge in [-0.25, -0.2) is 0 Å². The second-order valence-electron chi connectivity index (χ2n) is 4.98. The molecule has 0 bridgehead atoms. The number of nitro benzene ring substituents is 1. The predicted molar refractivity (Wildman–Crippen MR) is 72.4 cm³/mol. The van der Waals surface area contributed by atoms with Crippen molar-refractivity contribution >= 4 is 5.69 Å². The maximum absolute atomic E-state index is 10.6. The molecule has 1 saturated heterocycles. The number of likely N-dealkylation sites (N-methyl/N-ethyl adjacent to an activating group) is 1. The zero-order valence-electron chi connectivity index (χ0n) is 11.1. The molecular formula is C13H19N3O3. The molecule has 0 unspecified atom stereocenters. The van der Waals surface area contributed by atoms with Crippen LogP contribution in [0.4, 0.5) is 5.69 Å². The fourth-order valence-electron chi connectivity index (χ4n) is 2.24. The molecule has 104 valence electrons. The molecule has 1 aromatic rings. The number of phenolic OH excluding ortho intramolecular Hbond substituents is 1. The smallest absolute Gasteiger partial charge is 0.310 e. The maximum Gasteiger partial charge on any atom is 0.310 e. The van der Waals surface area contributed by atoms with Gasteiger partial charge in [0.25, 0.3) is 0 Å². The number of hydrogen-bond acceptors (Lipinski definition) is 5. The van der Waals surface area contributed by atoms with E-state index in [0.717, 1.165) is 44.7 Å². The maximum atomic E-state index is 10.6. The zero-order chi connectivity index (χ0) is 13.8. The Balaban J connectivity index is 1.89. The SMILES string of the molecule is CN1CCN(CCc2ccc([N+](=O)[O-])c(O)c2)CC1. The van der Waals surface area contributed by atoms with E-state index in [1.165, 1.54) is 12.1 Å². The summed E-state index contributed by atoms with van der Waals surface area (Å²) in [7, 11) is 2.12. The van der Waals surface area contributed by atoms with Crippen molar-refractivity contribution in [1.82, 2.24) is 9.80 Å². The molecule has 0 amide bonds. The van der Waals surface area contributed by atoms with Gasteiger partial charge in [-0.1, -0.05) is 6.07 Å². The van der Waals surface area contributed by atoms with E-state index in [4.69, 9.17) is 0 Å². The van der Waals surface area contributed by atoms with E-state index in [1.54, 1.807) is 6.07 Å². The molecule has 1 heterocycles. The number of aromatic hydroxyl groups is 1. The van der Waals surface area contributed by atoms with Crippen LogP contribution in [-0.4, -0.2) is 59.6 Å². The van der Waals surface area contributed by atoms with Gasteiger partial charge in [0.1, 0.15) is 0 Å². The second kappa shape index (κ2) is 5.99. The third kappa shape index (κ3) is 3.65. The zero-order valence-corrected chi connectivity index (χ0v) is 11.1. The Morgan fingerprint density at radius 3 is 2.58 bits per heavy atom. The molecule has 1 aromatic carbocycles. The van der Waals surface area contributed by atoms with Gasteiger partial charge in [0.05, 0.1) is 4.92 Å². The van der Waals surface area contributed by atoms with Crippen molar-refractivity contribution in [2.75, 3.05) is 39.8 Å². The van der Waals surface area contributed by atoms with Crippen LogP contribution in [0.5, 0.6) is 5.75 Å². The van der Waals surface area contributed by atoms with Crippen molar-refractivity contribution in [3.63, 3.8) is 0 Å². The Morgan fingerprint density at radius 2 is 2.00 bits per heavy atom. The first-order chi connectivity index (χ1) is 9.06. The van der Waals surface area contributed by atoms with Gasteiger partial charge in [-0.05, 0) is 25.1 Å². The fourth-order valence-corrected chi connectivity index (χ4v) is 2.24. The highest BCUT2D eigenvalue weighted by Gasteiger charge is 2.15. The Hall–Kier alpha value is -1.66. The standard InChI is InChI=1S/C13H19N3O3/c1-14-6-8-15(9-7-14)5-4-11-2-3-12(16(18)19)13(17)10-11/h2-3,10,17H,4-9H2,1H3. The van der Waals surface area contributed by atoms with Crippen molar-refractivity contribution in [3.05, 3.63) is 33.9 Å². The molecule has 0 saturated carbocycles. The van der Waals surface area contributed by atoms with Crippen LogP contribution in [0.2, 0.25) is 0 Å². The Bertz CT molecular complexity index is 456. The van der Waals surface area contributed by atoms with Gasteiger partial charge in [-0.15, -0.1) is 0 Å². The topological polar surface area (TPSA) is 69.9 Å². The molecule has 2 rings (SSSR count). The highest BCUT2D eigenvalue weighted by Crippen LogP contribution is 2.26. The number of nitro groups is 1. The molecule has 1 aliphatic rings. The molecule has 0 aromatic heterocycles. The third-order valence-electron chi connectivity index (χ3n) is 3.55. The van der Waals surface area contributed by atoms with Gasteiger partial charge in [0.15, 0.2) is 5.75 Å². The number of hydrogen-bond donors (Lipinski definition) is 1. The lowest BCUT2D eigenvalue weighted by atomic mass is 10.1. The van der Waals surface area contributed by atoms with Crippen LogP contribution in [0, 0.1) is 10.1 Å². The number of piperazine rings is 1. The summed E-state index contributed by atoms with van der Waals surface area (Å²) in [4.78, 5) is 14.7. The predicted octanol–water partition coefficient (Wildman–Crippen LogP) is 1.09. The Labute approximate surface area is 112 Å². The number of rotatable bonds is 4. The third-order valence-corrected chi connectivity index (χ3v) is 3.55. The van der Waals surface area contributed by atoms with Gasteiger partial charge in [0, 0.05) is 38.8 Å². The minimum Gasteiger partial charge on any atom is -0.502 e. The molecule has 1 fully saturated rings. The van der Waals surface area contributed by atoms with E-state index in [-0.39, 0.29) is 11.4 Å². The van der Waals surface area contributed by atoms with Gasteiger partial charge < -0.3 is 14.9 Å². The van der Waals surface area contributed by atoms with Gasteiger partial charge in [0.2, 0.25) is 0 Å². The van der Waals surface area contributed by atoms with Crippen LogP contribution < -0.4 is 0 Å². The van der Waals surface area contributed by atoms with Crippen molar-refractivity contribution in [2.45, 2.75) is 6.42 Å². The van der Waals surface area contributed by atoms with E-state index in [9.17, 15) is 15.2 Å². The lowest BCUT2D eigenvalue weighted by molar-refractivity contribution is -0.385. The lowest BCUT2D eigenvalue weighted by Crippen LogP contribution is -2.45. The number of benzene rings is 1. The van der Waals surface area contributed by atoms with Crippen molar-refractivity contribution < 1.29 is 10.0 Å². The van der Waals surface area contributed by atoms with Crippen molar-refractivity contribution in [2.24, 2.45) is 0 Å². The van der Waals surface area contributed by atoms with Crippen LogP contribution in [-0.2, 0) is 6.42 Å². The van der Waals surface area contributed by atoms with E-state index in [2.05, 4.69) is 16.8 Å². The van der Waals surface area contributed by atoms with Gasteiger partial charge in [-0.3, -0.25) is 10.1 Å². The summed E-state index contributed by atoms with van der Waals surface area (Å²) in [6.45, 7) is 5.17. The van der Waals surface area contributed by atoms with E-state index < -0.39 is 4.92 Å².